The monoisotopic (exact) mass is 824 g/mol. The van der Waals surface area contributed by atoms with Crippen LogP contribution >= 0.6 is 0 Å². The van der Waals surface area contributed by atoms with Crippen LogP contribution in [0.1, 0.15) is 226 Å². The molecule has 0 radical (unpaired) electrons. The molecule has 0 aliphatic carbocycles. The summed E-state index contributed by atoms with van der Waals surface area (Å²) in [5.41, 5.74) is 0. The van der Waals surface area contributed by atoms with E-state index in [1.54, 1.807) is 0 Å². The van der Waals surface area contributed by atoms with E-state index in [4.69, 9.17) is 4.74 Å². The second-order valence-electron chi connectivity index (χ2n) is 16.5. The van der Waals surface area contributed by atoms with Crippen LogP contribution < -0.4 is 5.32 Å². The average molecular weight is 824 g/mol. The zero-order valence-electron chi connectivity index (χ0n) is 38.6. The third-order valence-corrected chi connectivity index (χ3v) is 10.8. The van der Waals surface area contributed by atoms with Gasteiger partial charge in [-0.1, -0.05) is 190 Å². The number of allylic oxidation sites excluding steroid dienone is 12. The summed E-state index contributed by atoms with van der Waals surface area (Å²) in [5.74, 6) is -0.531. The molecule has 1 amide bonds. The highest BCUT2D eigenvalue weighted by Crippen LogP contribution is 2.16. The van der Waals surface area contributed by atoms with Gasteiger partial charge in [-0.3, -0.25) is 9.59 Å². The second kappa shape index (κ2) is 46.4. The van der Waals surface area contributed by atoms with Crippen molar-refractivity contribution in [3.63, 3.8) is 0 Å². The first-order valence-corrected chi connectivity index (χ1v) is 24.7. The van der Waals surface area contributed by atoms with Crippen LogP contribution in [0, 0.1) is 0 Å². The van der Waals surface area contributed by atoms with Crippen LogP contribution in [0.3, 0.4) is 0 Å². The molecule has 6 heteroatoms. The third-order valence-electron chi connectivity index (χ3n) is 10.8. The van der Waals surface area contributed by atoms with Crippen molar-refractivity contribution in [2.75, 3.05) is 6.61 Å². The van der Waals surface area contributed by atoms with E-state index < -0.39 is 18.2 Å². The number of esters is 1. The van der Waals surface area contributed by atoms with E-state index in [1.807, 2.05) is 0 Å². The third kappa shape index (κ3) is 41.8. The molecule has 0 aliphatic heterocycles. The van der Waals surface area contributed by atoms with Crippen molar-refractivity contribution in [2.24, 2.45) is 0 Å². The molecule has 0 aromatic heterocycles. The summed E-state index contributed by atoms with van der Waals surface area (Å²) in [6, 6.07) is -0.718. The molecule has 340 valence electrons. The molecular weight excluding hydrogens is 731 g/mol. The van der Waals surface area contributed by atoms with Gasteiger partial charge in [0.15, 0.2) is 0 Å². The van der Waals surface area contributed by atoms with Gasteiger partial charge in [-0.2, -0.15) is 0 Å². The van der Waals surface area contributed by atoms with E-state index in [1.165, 1.54) is 83.5 Å². The first kappa shape index (κ1) is 56.3. The molecular formula is C53H93NO5. The summed E-state index contributed by atoms with van der Waals surface area (Å²) in [6.07, 6.45) is 58.2. The highest BCUT2D eigenvalue weighted by Gasteiger charge is 2.24. The molecule has 0 aromatic rings. The highest BCUT2D eigenvalue weighted by atomic mass is 16.5. The Hall–Kier alpha value is -2.70. The summed E-state index contributed by atoms with van der Waals surface area (Å²) >= 11 is 0. The van der Waals surface area contributed by atoms with Crippen molar-refractivity contribution in [2.45, 2.75) is 244 Å². The molecule has 3 N–H and O–H groups in total. The van der Waals surface area contributed by atoms with Crippen molar-refractivity contribution >= 4 is 11.9 Å². The van der Waals surface area contributed by atoms with Gasteiger partial charge in [0, 0.05) is 6.42 Å². The lowest BCUT2D eigenvalue weighted by Crippen LogP contribution is -2.46. The number of amides is 1. The SMILES string of the molecule is CC/C=C/C/C=C/C/C=C/CCCCCCCCC(=O)OC(CCCC/C=C\C/C=C\C/C=C\CCCCC)CC(=O)NC(CO)C(O)CCCCCCCCCCC. The van der Waals surface area contributed by atoms with Crippen LogP contribution in [0.4, 0.5) is 0 Å². The molecule has 0 bridgehead atoms. The summed E-state index contributed by atoms with van der Waals surface area (Å²) in [4.78, 5) is 26.1. The van der Waals surface area contributed by atoms with Gasteiger partial charge in [-0.05, 0) is 96.3 Å². The van der Waals surface area contributed by atoms with Crippen LogP contribution in [-0.2, 0) is 14.3 Å². The quantitative estimate of drug-likeness (QED) is 0.0323. The lowest BCUT2D eigenvalue weighted by Gasteiger charge is -2.24. The minimum atomic E-state index is -0.801. The maximum Gasteiger partial charge on any atom is 0.306 e. The lowest BCUT2D eigenvalue weighted by molar-refractivity contribution is -0.151. The Bertz CT molecular complexity index is 1110. The summed E-state index contributed by atoms with van der Waals surface area (Å²) < 4.78 is 5.90. The molecule has 6 nitrogen and oxygen atoms in total. The number of aliphatic hydroxyl groups is 2. The minimum Gasteiger partial charge on any atom is -0.462 e. The molecule has 0 fully saturated rings. The van der Waals surface area contributed by atoms with Gasteiger partial charge in [0.25, 0.3) is 0 Å². The van der Waals surface area contributed by atoms with E-state index in [0.29, 0.717) is 19.3 Å². The number of carbonyl (C=O) groups is 2. The second-order valence-corrected chi connectivity index (χ2v) is 16.5. The number of unbranched alkanes of at least 4 members (excludes halogenated alkanes) is 19. The van der Waals surface area contributed by atoms with Crippen LogP contribution in [0.25, 0.3) is 0 Å². The Morgan fingerprint density at radius 1 is 0.508 bits per heavy atom. The maximum atomic E-state index is 13.2. The molecule has 0 rings (SSSR count). The van der Waals surface area contributed by atoms with Crippen LogP contribution in [0.2, 0.25) is 0 Å². The number of carbonyl (C=O) groups excluding carboxylic acids is 2. The first-order chi connectivity index (χ1) is 29.0. The van der Waals surface area contributed by atoms with E-state index in [-0.39, 0.29) is 24.9 Å². The molecule has 0 aliphatic rings. The van der Waals surface area contributed by atoms with Crippen LogP contribution in [0.5, 0.6) is 0 Å². The fourth-order valence-electron chi connectivity index (χ4n) is 7.04. The Morgan fingerprint density at radius 3 is 1.44 bits per heavy atom. The van der Waals surface area contributed by atoms with Crippen molar-refractivity contribution in [3.8, 4) is 0 Å². The zero-order valence-corrected chi connectivity index (χ0v) is 38.6. The minimum absolute atomic E-state index is 0.0434. The van der Waals surface area contributed by atoms with Crippen molar-refractivity contribution < 1.29 is 24.5 Å². The zero-order chi connectivity index (χ0) is 43.1. The Kier molecular flexibility index (Phi) is 44.2. The smallest absolute Gasteiger partial charge is 0.306 e. The molecule has 0 saturated heterocycles. The lowest BCUT2D eigenvalue weighted by atomic mass is 10.0. The molecule has 0 heterocycles. The average Bonchev–Trinajstić information content (AvgIpc) is 3.23. The Labute approximate surface area is 364 Å². The predicted octanol–water partition coefficient (Wildman–Crippen LogP) is 14.6. The molecule has 0 saturated carbocycles. The Balaban J connectivity index is 4.69. The Morgan fingerprint density at radius 2 is 0.915 bits per heavy atom. The first-order valence-electron chi connectivity index (χ1n) is 24.7. The molecule has 0 spiro atoms. The molecule has 0 aromatic carbocycles. The summed E-state index contributed by atoms with van der Waals surface area (Å²) in [6.45, 7) is 6.30. The van der Waals surface area contributed by atoms with E-state index >= 15 is 0 Å². The van der Waals surface area contributed by atoms with Gasteiger partial charge in [-0.25, -0.2) is 0 Å². The van der Waals surface area contributed by atoms with Crippen molar-refractivity contribution in [3.05, 3.63) is 72.9 Å². The van der Waals surface area contributed by atoms with Crippen LogP contribution in [0.15, 0.2) is 72.9 Å². The van der Waals surface area contributed by atoms with Gasteiger partial charge in [0.1, 0.15) is 6.10 Å². The fourth-order valence-corrected chi connectivity index (χ4v) is 7.04. The maximum absolute atomic E-state index is 13.2. The van der Waals surface area contributed by atoms with Crippen LogP contribution in [-0.4, -0.2) is 46.9 Å². The molecule has 3 atom stereocenters. The van der Waals surface area contributed by atoms with E-state index in [2.05, 4.69) is 99.0 Å². The largest absolute Gasteiger partial charge is 0.462 e. The number of rotatable bonds is 43. The van der Waals surface area contributed by atoms with Gasteiger partial charge >= 0.3 is 5.97 Å². The number of aliphatic hydroxyl groups excluding tert-OH is 2. The number of hydrogen-bond donors (Lipinski definition) is 3. The van der Waals surface area contributed by atoms with E-state index in [9.17, 15) is 19.8 Å². The number of ether oxygens (including phenoxy) is 1. The predicted molar refractivity (Wildman–Crippen MR) is 255 cm³/mol. The topological polar surface area (TPSA) is 95.9 Å². The fraction of sp³-hybridized carbons (Fsp3) is 0.736. The van der Waals surface area contributed by atoms with Gasteiger partial charge in [-0.15, -0.1) is 0 Å². The number of hydrogen-bond acceptors (Lipinski definition) is 5. The summed E-state index contributed by atoms with van der Waals surface area (Å²) in [7, 11) is 0. The van der Waals surface area contributed by atoms with Crippen molar-refractivity contribution in [1.82, 2.24) is 5.32 Å². The van der Waals surface area contributed by atoms with Gasteiger partial charge in [0.2, 0.25) is 5.91 Å². The molecule has 59 heavy (non-hydrogen) atoms. The molecule has 3 unspecified atom stereocenters. The summed E-state index contributed by atoms with van der Waals surface area (Å²) in [5, 5.41) is 23.6. The number of nitrogens with one attached hydrogen (secondary N) is 1. The van der Waals surface area contributed by atoms with E-state index in [0.717, 1.165) is 96.3 Å². The van der Waals surface area contributed by atoms with Crippen molar-refractivity contribution in [1.29, 1.82) is 0 Å². The normalized spacial score (nSPS) is 13.9. The van der Waals surface area contributed by atoms with Gasteiger partial charge in [0.05, 0.1) is 25.2 Å². The van der Waals surface area contributed by atoms with Gasteiger partial charge < -0.3 is 20.3 Å². The standard InChI is InChI=1S/C53H93NO5/c1-4-7-10-13-16-19-21-23-25-27-29-31-34-37-40-43-46-53(58)59-49(44-41-38-35-33-30-28-26-24-22-20-17-14-11-8-5-2)47-52(57)54-50(48-55)51(56)45-42-39-36-32-18-15-12-9-6-3/h7,10,16-17,19-20,23-26,30,33,49-51,55-56H,4-6,8-9,11-15,18,21-22,27-29,31-32,34-48H2,1-3H3,(H,54,57)/b10-7+,19-16+,20-17-,25-23+,26-24-,33-30-. The highest BCUT2D eigenvalue weighted by molar-refractivity contribution is 5.77.